The van der Waals surface area contributed by atoms with E-state index >= 15 is 0 Å². The third kappa shape index (κ3) is 3.95. The molecule has 1 atom stereocenters. The van der Waals surface area contributed by atoms with Crippen molar-refractivity contribution in [2.75, 3.05) is 25.6 Å². The number of hydrogen-bond acceptors (Lipinski definition) is 2. The SMILES string of the molecule is COCC(C)CNc1ccccc1. The van der Waals surface area contributed by atoms with Gasteiger partial charge in [-0.3, -0.25) is 0 Å². The summed E-state index contributed by atoms with van der Waals surface area (Å²) in [6, 6.07) is 10.2. The van der Waals surface area contributed by atoms with E-state index in [1.54, 1.807) is 7.11 Å². The van der Waals surface area contributed by atoms with Gasteiger partial charge >= 0.3 is 0 Å². The summed E-state index contributed by atoms with van der Waals surface area (Å²) >= 11 is 0. The van der Waals surface area contributed by atoms with Crippen LogP contribution in [0.5, 0.6) is 0 Å². The van der Waals surface area contributed by atoms with Crippen molar-refractivity contribution in [1.82, 2.24) is 0 Å². The van der Waals surface area contributed by atoms with Crippen LogP contribution in [0.3, 0.4) is 0 Å². The van der Waals surface area contributed by atoms with Crippen molar-refractivity contribution in [3.8, 4) is 0 Å². The quantitative estimate of drug-likeness (QED) is 0.749. The summed E-state index contributed by atoms with van der Waals surface area (Å²) in [4.78, 5) is 0. The van der Waals surface area contributed by atoms with Crippen molar-refractivity contribution >= 4 is 5.69 Å². The molecular formula is C11H17NO. The van der Waals surface area contributed by atoms with Crippen LogP contribution in [0, 0.1) is 5.92 Å². The van der Waals surface area contributed by atoms with Gasteiger partial charge in [-0.15, -0.1) is 0 Å². The second-order valence-electron chi connectivity index (χ2n) is 3.31. The fourth-order valence-corrected chi connectivity index (χ4v) is 1.19. The highest BCUT2D eigenvalue weighted by Gasteiger charge is 1.99. The molecule has 0 aliphatic carbocycles. The minimum absolute atomic E-state index is 0.546. The topological polar surface area (TPSA) is 21.3 Å². The fourth-order valence-electron chi connectivity index (χ4n) is 1.19. The Labute approximate surface area is 79.9 Å². The third-order valence-electron chi connectivity index (χ3n) is 1.88. The molecule has 72 valence electrons. The average Bonchev–Trinajstić information content (AvgIpc) is 2.17. The lowest BCUT2D eigenvalue weighted by atomic mass is 10.2. The van der Waals surface area contributed by atoms with Crippen LogP contribution in [0.25, 0.3) is 0 Å². The maximum Gasteiger partial charge on any atom is 0.0504 e. The van der Waals surface area contributed by atoms with Crippen molar-refractivity contribution in [2.24, 2.45) is 5.92 Å². The molecule has 2 nitrogen and oxygen atoms in total. The van der Waals surface area contributed by atoms with Gasteiger partial charge in [-0.25, -0.2) is 0 Å². The van der Waals surface area contributed by atoms with Crippen molar-refractivity contribution in [1.29, 1.82) is 0 Å². The first-order chi connectivity index (χ1) is 6.33. The number of rotatable bonds is 5. The standard InChI is InChI=1S/C11H17NO/c1-10(9-13-2)8-12-11-6-4-3-5-7-11/h3-7,10,12H,8-9H2,1-2H3. The van der Waals surface area contributed by atoms with E-state index in [-0.39, 0.29) is 0 Å². The van der Waals surface area contributed by atoms with Gasteiger partial charge in [0.2, 0.25) is 0 Å². The first-order valence-electron chi connectivity index (χ1n) is 4.61. The Balaban J connectivity index is 2.27. The van der Waals surface area contributed by atoms with Gasteiger partial charge in [0.1, 0.15) is 0 Å². The second kappa shape index (κ2) is 5.60. The summed E-state index contributed by atoms with van der Waals surface area (Å²) < 4.78 is 5.05. The molecular weight excluding hydrogens is 162 g/mol. The summed E-state index contributed by atoms with van der Waals surface area (Å²) in [5, 5.41) is 3.35. The van der Waals surface area contributed by atoms with Gasteiger partial charge in [0.15, 0.2) is 0 Å². The molecule has 0 aliphatic rings. The Morgan fingerprint density at radius 2 is 2.00 bits per heavy atom. The molecule has 1 rings (SSSR count). The molecule has 1 aromatic rings. The highest BCUT2D eigenvalue weighted by molar-refractivity contribution is 5.42. The Kier molecular flexibility index (Phi) is 4.33. The molecule has 0 saturated heterocycles. The molecule has 1 N–H and O–H groups in total. The summed E-state index contributed by atoms with van der Waals surface area (Å²) in [5.74, 6) is 0.546. The van der Waals surface area contributed by atoms with Gasteiger partial charge in [0, 0.05) is 19.3 Å². The zero-order valence-electron chi connectivity index (χ0n) is 8.29. The number of nitrogens with one attached hydrogen (secondary N) is 1. The molecule has 0 aromatic heterocycles. The van der Waals surface area contributed by atoms with E-state index in [1.807, 2.05) is 18.2 Å². The van der Waals surface area contributed by atoms with Crippen LogP contribution in [0.2, 0.25) is 0 Å². The molecule has 0 saturated carbocycles. The van der Waals surface area contributed by atoms with Crippen molar-refractivity contribution in [2.45, 2.75) is 6.92 Å². The van der Waals surface area contributed by atoms with Crippen LogP contribution in [0.1, 0.15) is 6.92 Å². The van der Waals surface area contributed by atoms with E-state index in [0.29, 0.717) is 5.92 Å². The van der Waals surface area contributed by atoms with Crippen LogP contribution in [-0.4, -0.2) is 20.3 Å². The lowest BCUT2D eigenvalue weighted by molar-refractivity contribution is 0.164. The molecule has 0 heterocycles. The number of para-hydroxylation sites is 1. The van der Waals surface area contributed by atoms with Gasteiger partial charge < -0.3 is 10.1 Å². The largest absolute Gasteiger partial charge is 0.385 e. The van der Waals surface area contributed by atoms with Crippen molar-refractivity contribution in [3.63, 3.8) is 0 Å². The van der Waals surface area contributed by atoms with Gasteiger partial charge in [-0.1, -0.05) is 25.1 Å². The first kappa shape index (κ1) is 10.1. The summed E-state index contributed by atoms with van der Waals surface area (Å²) in [6.07, 6.45) is 0. The third-order valence-corrected chi connectivity index (χ3v) is 1.88. The number of ether oxygens (including phenoxy) is 1. The molecule has 2 heteroatoms. The van der Waals surface area contributed by atoms with E-state index in [4.69, 9.17) is 4.74 Å². The van der Waals surface area contributed by atoms with Crippen molar-refractivity contribution in [3.05, 3.63) is 30.3 Å². The van der Waals surface area contributed by atoms with Crippen LogP contribution >= 0.6 is 0 Å². The molecule has 1 aromatic carbocycles. The molecule has 0 spiro atoms. The Bertz CT molecular complexity index is 223. The number of benzene rings is 1. The number of hydrogen-bond donors (Lipinski definition) is 1. The van der Waals surface area contributed by atoms with Gasteiger partial charge in [0.25, 0.3) is 0 Å². The summed E-state index contributed by atoms with van der Waals surface area (Å²) in [5.41, 5.74) is 1.17. The predicted octanol–water partition coefficient (Wildman–Crippen LogP) is 2.38. The highest BCUT2D eigenvalue weighted by atomic mass is 16.5. The number of anilines is 1. The number of methoxy groups -OCH3 is 1. The smallest absolute Gasteiger partial charge is 0.0504 e. The molecule has 13 heavy (non-hydrogen) atoms. The molecule has 0 bridgehead atoms. The molecule has 0 fully saturated rings. The van der Waals surface area contributed by atoms with Crippen LogP contribution < -0.4 is 5.32 Å². The second-order valence-corrected chi connectivity index (χ2v) is 3.31. The molecule has 0 radical (unpaired) electrons. The zero-order chi connectivity index (χ0) is 9.52. The van der Waals surface area contributed by atoms with Gasteiger partial charge in [-0.2, -0.15) is 0 Å². The lowest BCUT2D eigenvalue weighted by Gasteiger charge is -2.12. The van der Waals surface area contributed by atoms with E-state index < -0.39 is 0 Å². The van der Waals surface area contributed by atoms with E-state index in [9.17, 15) is 0 Å². The minimum Gasteiger partial charge on any atom is -0.385 e. The molecule has 0 amide bonds. The van der Waals surface area contributed by atoms with Crippen LogP contribution in [0.15, 0.2) is 30.3 Å². The van der Waals surface area contributed by atoms with E-state index in [2.05, 4.69) is 24.4 Å². The normalized spacial score (nSPS) is 12.5. The maximum absolute atomic E-state index is 5.05. The maximum atomic E-state index is 5.05. The monoisotopic (exact) mass is 179 g/mol. The molecule has 1 unspecified atom stereocenters. The Hall–Kier alpha value is -1.02. The zero-order valence-corrected chi connectivity index (χ0v) is 8.29. The minimum atomic E-state index is 0.546. The van der Waals surface area contributed by atoms with E-state index in [1.165, 1.54) is 5.69 Å². The van der Waals surface area contributed by atoms with Crippen LogP contribution in [0.4, 0.5) is 5.69 Å². The average molecular weight is 179 g/mol. The Morgan fingerprint density at radius 1 is 1.31 bits per heavy atom. The van der Waals surface area contributed by atoms with Gasteiger partial charge in [0.05, 0.1) is 6.61 Å². The highest BCUT2D eigenvalue weighted by Crippen LogP contribution is 2.06. The Morgan fingerprint density at radius 3 is 2.62 bits per heavy atom. The fraction of sp³-hybridized carbons (Fsp3) is 0.455. The van der Waals surface area contributed by atoms with E-state index in [0.717, 1.165) is 13.2 Å². The van der Waals surface area contributed by atoms with Crippen molar-refractivity contribution < 1.29 is 4.74 Å². The first-order valence-corrected chi connectivity index (χ1v) is 4.61. The predicted molar refractivity (Wildman–Crippen MR) is 56.0 cm³/mol. The summed E-state index contributed by atoms with van der Waals surface area (Å²) in [7, 11) is 1.74. The van der Waals surface area contributed by atoms with Crippen LogP contribution in [-0.2, 0) is 4.74 Å². The lowest BCUT2D eigenvalue weighted by Crippen LogP contribution is -2.15. The van der Waals surface area contributed by atoms with Gasteiger partial charge in [-0.05, 0) is 18.1 Å². The molecule has 0 aliphatic heterocycles. The summed E-state index contributed by atoms with van der Waals surface area (Å²) in [6.45, 7) is 3.93.